The van der Waals surface area contributed by atoms with Crippen LogP contribution in [0.2, 0.25) is 0 Å². The molecule has 1 unspecified atom stereocenters. The number of benzene rings is 1. The highest BCUT2D eigenvalue weighted by atomic mass is 32.2. The van der Waals surface area contributed by atoms with Gasteiger partial charge in [0, 0.05) is 12.0 Å². The molecular weight excluding hydrogens is 330 g/mol. The smallest absolute Gasteiger partial charge is 0.258 e. The van der Waals surface area contributed by atoms with Gasteiger partial charge in [0.25, 0.3) is 5.91 Å². The van der Waals surface area contributed by atoms with E-state index in [9.17, 15) is 13.2 Å². The van der Waals surface area contributed by atoms with E-state index in [0.29, 0.717) is 17.9 Å². The molecule has 0 bridgehead atoms. The molecule has 2 aliphatic rings. The van der Waals surface area contributed by atoms with Crippen LogP contribution in [0.5, 0.6) is 11.5 Å². The number of ether oxygens (including phenoxy) is 2. The van der Waals surface area contributed by atoms with Crippen molar-refractivity contribution in [2.24, 2.45) is 0 Å². The maximum Gasteiger partial charge on any atom is 0.258 e. The molecule has 0 saturated carbocycles. The van der Waals surface area contributed by atoms with Gasteiger partial charge in [-0.2, -0.15) is 0 Å². The monoisotopic (exact) mass is 353 g/mol. The first kappa shape index (κ1) is 17.1. The number of amides is 1. The van der Waals surface area contributed by atoms with E-state index >= 15 is 0 Å². The van der Waals surface area contributed by atoms with Crippen LogP contribution in [0.15, 0.2) is 18.2 Å². The van der Waals surface area contributed by atoms with Crippen LogP contribution in [-0.4, -0.2) is 43.6 Å². The van der Waals surface area contributed by atoms with Gasteiger partial charge in [-0.15, -0.1) is 0 Å². The summed E-state index contributed by atoms with van der Waals surface area (Å²) in [5.74, 6) is 0.982. The van der Waals surface area contributed by atoms with Crippen LogP contribution in [0.25, 0.3) is 0 Å². The first-order valence-electron chi connectivity index (χ1n) is 8.03. The Morgan fingerprint density at radius 3 is 2.75 bits per heavy atom. The number of nitrogens with one attached hydrogen (secondary N) is 1. The lowest BCUT2D eigenvalue weighted by molar-refractivity contribution is -0.124. The molecule has 6 nitrogen and oxygen atoms in total. The second kappa shape index (κ2) is 5.65. The van der Waals surface area contributed by atoms with Crippen LogP contribution in [0.1, 0.15) is 32.8 Å². The second-order valence-electron chi connectivity index (χ2n) is 7.52. The first-order chi connectivity index (χ1) is 11.1. The van der Waals surface area contributed by atoms with Crippen molar-refractivity contribution in [3.63, 3.8) is 0 Å². The van der Waals surface area contributed by atoms with E-state index in [2.05, 4.69) is 5.32 Å². The van der Waals surface area contributed by atoms with Gasteiger partial charge < -0.3 is 14.8 Å². The summed E-state index contributed by atoms with van der Waals surface area (Å²) in [5, 5.41) is 2.78. The van der Waals surface area contributed by atoms with Gasteiger partial charge in [-0.3, -0.25) is 4.79 Å². The van der Waals surface area contributed by atoms with Gasteiger partial charge in [-0.1, -0.05) is 12.1 Å². The number of hydrogen-bond donors (Lipinski definition) is 1. The Labute approximate surface area is 142 Å². The van der Waals surface area contributed by atoms with Gasteiger partial charge >= 0.3 is 0 Å². The summed E-state index contributed by atoms with van der Waals surface area (Å²) in [6.45, 7) is 5.59. The summed E-state index contributed by atoms with van der Waals surface area (Å²) in [7, 11) is -3.06. The van der Waals surface area contributed by atoms with E-state index in [4.69, 9.17) is 9.47 Å². The molecule has 1 fully saturated rings. The van der Waals surface area contributed by atoms with Gasteiger partial charge in [-0.25, -0.2) is 8.42 Å². The van der Waals surface area contributed by atoms with Gasteiger partial charge in [0.15, 0.2) is 27.9 Å². The second-order valence-corrected chi connectivity index (χ2v) is 9.71. The highest BCUT2D eigenvalue weighted by Gasteiger charge is 2.39. The number of hydrogen-bond acceptors (Lipinski definition) is 5. The van der Waals surface area contributed by atoms with Crippen LogP contribution >= 0.6 is 0 Å². The predicted octanol–water partition coefficient (Wildman–Crippen LogP) is 1.47. The topological polar surface area (TPSA) is 81.7 Å². The summed E-state index contributed by atoms with van der Waals surface area (Å²) >= 11 is 0. The Balaban J connectivity index is 1.62. The van der Waals surface area contributed by atoms with E-state index < -0.39 is 15.4 Å². The van der Waals surface area contributed by atoms with Gasteiger partial charge in [0.05, 0.1) is 17.0 Å². The van der Waals surface area contributed by atoms with Crippen molar-refractivity contribution in [2.45, 2.75) is 44.8 Å². The summed E-state index contributed by atoms with van der Waals surface area (Å²) in [5.41, 5.74) is 0.0679. The number of carbonyl (C=O) groups excluding carboxylic acids is 1. The quantitative estimate of drug-likeness (QED) is 0.886. The number of para-hydroxylation sites is 1. The molecule has 1 amide bonds. The molecule has 1 saturated heterocycles. The lowest BCUT2D eigenvalue weighted by atomic mass is 10.0. The summed E-state index contributed by atoms with van der Waals surface area (Å²) in [4.78, 5) is 12.1. The van der Waals surface area contributed by atoms with Crippen molar-refractivity contribution in [3.8, 4) is 11.5 Å². The van der Waals surface area contributed by atoms with Crippen molar-refractivity contribution in [2.75, 3.05) is 18.1 Å². The molecular formula is C17H23NO5S. The molecule has 0 aliphatic carbocycles. The largest absolute Gasteiger partial charge is 0.483 e. The summed E-state index contributed by atoms with van der Waals surface area (Å²) in [6, 6.07) is 5.64. The third kappa shape index (κ3) is 3.66. The molecule has 2 heterocycles. The number of carbonyl (C=O) groups is 1. The molecule has 7 heteroatoms. The molecule has 3 rings (SSSR count). The normalized spacial score (nSPS) is 26.5. The van der Waals surface area contributed by atoms with Gasteiger partial charge in [-0.05, 0) is 33.3 Å². The molecule has 1 N–H and O–H groups in total. The van der Waals surface area contributed by atoms with Crippen molar-refractivity contribution < 1.29 is 22.7 Å². The van der Waals surface area contributed by atoms with Gasteiger partial charge in [0.2, 0.25) is 0 Å². The maximum absolute atomic E-state index is 12.1. The van der Waals surface area contributed by atoms with Crippen LogP contribution in [0.3, 0.4) is 0 Å². The number of fused-ring (bicyclic) bond motifs is 1. The first-order valence-corrected chi connectivity index (χ1v) is 9.85. The third-order valence-electron chi connectivity index (χ3n) is 4.36. The lowest BCUT2D eigenvalue weighted by Crippen LogP contribution is -2.48. The predicted molar refractivity (Wildman–Crippen MR) is 90.2 cm³/mol. The minimum atomic E-state index is -3.06. The zero-order valence-corrected chi connectivity index (χ0v) is 15.0. The molecule has 1 aromatic carbocycles. The Morgan fingerprint density at radius 2 is 2.08 bits per heavy atom. The molecule has 132 valence electrons. The summed E-state index contributed by atoms with van der Waals surface area (Å²) < 4.78 is 34.7. The van der Waals surface area contributed by atoms with E-state index in [0.717, 1.165) is 12.0 Å². The van der Waals surface area contributed by atoms with Crippen LogP contribution in [0.4, 0.5) is 0 Å². The van der Waals surface area contributed by atoms with E-state index in [1.54, 1.807) is 13.0 Å². The van der Waals surface area contributed by atoms with Crippen molar-refractivity contribution >= 4 is 15.7 Å². The third-order valence-corrected chi connectivity index (χ3v) is 6.26. The summed E-state index contributed by atoms with van der Waals surface area (Å²) in [6.07, 6.45) is 1.22. The standard InChI is InChI=1S/C17H23NO5S/c1-16(2)9-12-5-4-6-13(15(12)23-16)22-10-14(19)18-17(3)7-8-24(20,21)11-17/h4-6H,7-11H2,1-3H3,(H,18,19). The molecule has 1 aromatic rings. The zero-order chi connectivity index (χ0) is 17.6. The van der Waals surface area contributed by atoms with Crippen molar-refractivity contribution in [1.29, 1.82) is 0 Å². The minimum absolute atomic E-state index is 0.0240. The number of sulfone groups is 1. The fourth-order valence-electron chi connectivity index (χ4n) is 3.33. The molecule has 2 aliphatic heterocycles. The average molecular weight is 353 g/mol. The van der Waals surface area contributed by atoms with Gasteiger partial charge in [0.1, 0.15) is 5.60 Å². The Morgan fingerprint density at radius 1 is 1.33 bits per heavy atom. The Hall–Kier alpha value is -1.76. The zero-order valence-electron chi connectivity index (χ0n) is 14.2. The average Bonchev–Trinajstić information content (AvgIpc) is 2.90. The van der Waals surface area contributed by atoms with Crippen molar-refractivity contribution in [1.82, 2.24) is 5.32 Å². The van der Waals surface area contributed by atoms with Crippen molar-refractivity contribution in [3.05, 3.63) is 23.8 Å². The van der Waals surface area contributed by atoms with E-state index in [1.165, 1.54) is 0 Å². The molecule has 0 spiro atoms. The maximum atomic E-state index is 12.1. The molecule has 0 aromatic heterocycles. The van der Waals surface area contributed by atoms with Crippen LogP contribution < -0.4 is 14.8 Å². The highest BCUT2D eigenvalue weighted by molar-refractivity contribution is 7.91. The fraction of sp³-hybridized carbons (Fsp3) is 0.588. The highest BCUT2D eigenvalue weighted by Crippen LogP contribution is 2.41. The molecule has 24 heavy (non-hydrogen) atoms. The Bertz CT molecular complexity index is 771. The van der Waals surface area contributed by atoms with Crippen LogP contribution in [0, 0.1) is 0 Å². The van der Waals surface area contributed by atoms with Crippen LogP contribution in [-0.2, 0) is 21.1 Å². The number of rotatable bonds is 4. The molecule has 0 radical (unpaired) electrons. The van der Waals surface area contributed by atoms with E-state index in [-0.39, 0.29) is 29.6 Å². The molecule has 1 atom stereocenters. The lowest BCUT2D eigenvalue weighted by Gasteiger charge is -2.24. The minimum Gasteiger partial charge on any atom is -0.483 e. The Kier molecular flexibility index (Phi) is 4.02. The SMILES string of the molecule is CC1(NC(=O)COc2cccc3c2OC(C)(C)C3)CCS(=O)(=O)C1. The van der Waals surface area contributed by atoms with E-state index in [1.807, 2.05) is 26.0 Å². The fourth-order valence-corrected chi connectivity index (χ4v) is 5.42.